The monoisotopic (exact) mass is 446 g/mol. The van der Waals surface area contributed by atoms with Crippen LogP contribution in [-0.4, -0.2) is 31.8 Å². The summed E-state index contributed by atoms with van der Waals surface area (Å²) in [6.45, 7) is 7.70. The van der Waals surface area contributed by atoms with Crippen LogP contribution < -0.4 is 5.32 Å². The molecule has 1 N–H and O–H groups in total. The molecule has 6 nitrogen and oxygen atoms in total. The van der Waals surface area contributed by atoms with E-state index < -0.39 is 17.5 Å². The van der Waals surface area contributed by atoms with Gasteiger partial charge in [-0.25, -0.2) is 4.39 Å². The van der Waals surface area contributed by atoms with Crippen LogP contribution in [0, 0.1) is 12.7 Å². The van der Waals surface area contributed by atoms with E-state index in [0.717, 1.165) is 22.0 Å². The minimum absolute atomic E-state index is 0.121. The molecule has 0 spiro atoms. The second-order valence-corrected chi connectivity index (χ2v) is 9.52. The van der Waals surface area contributed by atoms with E-state index in [1.165, 1.54) is 28.4 Å². The molecule has 0 saturated heterocycles. The Morgan fingerprint density at radius 2 is 1.90 bits per heavy atom. The molecule has 0 aliphatic heterocycles. The van der Waals surface area contributed by atoms with Crippen molar-refractivity contribution in [3.63, 3.8) is 0 Å². The molecule has 1 atom stereocenters. The molecule has 0 aliphatic rings. The number of amides is 2. The molecule has 0 bridgehead atoms. The number of aromatic nitrogens is 2. The number of hydrogen-bond acceptors (Lipinski definition) is 6. The Labute approximate surface area is 182 Å². The summed E-state index contributed by atoms with van der Waals surface area (Å²) in [6.07, 6.45) is 0. The zero-order chi connectivity index (χ0) is 21.9. The van der Waals surface area contributed by atoms with Crippen molar-refractivity contribution in [1.82, 2.24) is 19.8 Å². The molecular formula is C21H23FN4O2S2. The topological polar surface area (TPSA) is 75.2 Å². The van der Waals surface area contributed by atoms with Gasteiger partial charge < -0.3 is 10.2 Å². The van der Waals surface area contributed by atoms with E-state index in [-0.39, 0.29) is 24.0 Å². The Kier molecular flexibility index (Phi) is 6.62. The highest BCUT2D eigenvalue weighted by molar-refractivity contribution is 7.10. The van der Waals surface area contributed by atoms with Crippen molar-refractivity contribution >= 4 is 34.7 Å². The van der Waals surface area contributed by atoms with Crippen molar-refractivity contribution in [2.24, 2.45) is 0 Å². The summed E-state index contributed by atoms with van der Waals surface area (Å²) < 4.78 is 17.2. The third-order valence-electron chi connectivity index (χ3n) is 4.31. The van der Waals surface area contributed by atoms with Gasteiger partial charge in [0.05, 0.1) is 0 Å². The Bertz CT molecular complexity index is 1010. The van der Waals surface area contributed by atoms with Crippen LogP contribution in [0.1, 0.15) is 53.3 Å². The van der Waals surface area contributed by atoms with Crippen LogP contribution in [0.2, 0.25) is 0 Å². The van der Waals surface area contributed by atoms with E-state index in [4.69, 9.17) is 0 Å². The van der Waals surface area contributed by atoms with Crippen molar-refractivity contribution in [1.29, 1.82) is 0 Å². The maximum Gasteiger partial charge on any atom is 0.276 e. The van der Waals surface area contributed by atoms with Gasteiger partial charge in [-0.15, -0.1) is 16.4 Å². The van der Waals surface area contributed by atoms with E-state index in [9.17, 15) is 14.0 Å². The molecule has 0 aliphatic carbocycles. The summed E-state index contributed by atoms with van der Waals surface area (Å²) in [5.74, 6) is -1.06. The maximum absolute atomic E-state index is 13.4. The Balaban J connectivity index is 2.07. The molecule has 2 heterocycles. The molecule has 158 valence electrons. The van der Waals surface area contributed by atoms with E-state index in [1.54, 1.807) is 17.5 Å². The van der Waals surface area contributed by atoms with Gasteiger partial charge in [0.25, 0.3) is 5.91 Å². The molecule has 0 fully saturated rings. The van der Waals surface area contributed by atoms with Gasteiger partial charge in [-0.3, -0.25) is 9.59 Å². The van der Waals surface area contributed by atoms with Crippen LogP contribution in [0.4, 0.5) is 4.39 Å². The van der Waals surface area contributed by atoms with Crippen molar-refractivity contribution in [2.45, 2.75) is 45.8 Å². The minimum atomic E-state index is -0.858. The van der Waals surface area contributed by atoms with Crippen LogP contribution in [-0.2, 0) is 11.3 Å². The number of aryl methyl sites for hydroxylation is 1. The van der Waals surface area contributed by atoms with Crippen molar-refractivity contribution in [3.05, 3.63) is 68.6 Å². The smallest absolute Gasteiger partial charge is 0.276 e. The average Bonchev–Trinajstić information content (AvgIpc) is 3.33. The number of carbonyl (C=O) groups is 2. The summed E-state index contributed by atoms with van der Waals surface area (Å²) in [6, 6.07) is 6.95. The van der Waals surface area contributed by atoms with Crippen LogP contribution in [0.25, 0.3) is 0 Å². The molecule has 0 radical (unpaired) electrons. The lowest BCUT2D eigenvalue weighted by Crippen LogP contribution is -2.49. The zero-order valence-electron chi connectivity index (χ0n) is 17.2. The lowest BCUT2D eigenvalue weighted by atomic mass is 10.0. The SMILES string of the molecule is Cc1ccsc1[C@H](C(=O)NC(C)(C)C)N(Cc1ccc(F)cc1)C(=O)c1csnn1. The molecule has 1 aromatic carbocycles. The average molecular weight is 447 g/mol. The van der Waals surface area contributed by atoms with Gasteiger partial charge in [0.15, 0.2) is 5.69 Å². The predicted molar refractivity (Wildman–Crippen MR) is 116 cm³/mol. The van der Waals surface area contributed by atoms with Crippen molar-refractivity contribution < 1.29 is 14.0 Å². The van der Waals surface area contributed by atoms with Gasteiger partial charge in [0, 0.05) is 22.3 Å². The third kappa shape index (κ3) is 5.28. The molecule has 2 amide bonds. The zero-order valence-corrected chi connectivity index (χ0v) is 18.8. The van der Waals surface area contributed by atoms with Gasteiger partial charge in [0.2, 0.25) is 5.91 Å². The summed E-state index contributed by atoms with van der Waals surface area (Å²) in [7, 11) is 0. The number of hydrogen-bond donors (Lipinski definition) is 1. The predicted octanol–water partition coefficient (Wildman–Crippen LogP) is 4.35. The minimum Gasteiger partial charge on any atom is -0.349 e. The van der Waals surface area contributed by atoms with Crippen molar-refractivity contribution in [2.75, 3.05) is 0 Å². The molecule has 30 heavy (non-hydrogen) atoms. The van der Waals surface area contributed by atoms with Gasteiger partial charge in [-0.2, -0.15) is 0 Å². The van der Waals surface area contributed by atoms with Crippen LogP contribution in [0.3, 0.4) is 0 Å². The fraction of sp³-hybridized carbons (Fsp3) is 0.333. The van der Waals surface area contributed by atoms with E-state index in [2.05, 4.69) is 14.9 Å². The van der Waals surface area contributed by atoms with Gasteiger partial charge in [-0.05, 0) is 73.9 Å². The highest BCUT2D eigenvalue weighted by Gasteiger charge is 2.36. The Morgan fingerprint density at radius 1 is 1.20 bits per heavy atom. The first kappa shape index (κ1) is 22.0. The van der Waals surface area contributed by atoms with Crippen LogP contribution in [0.15, 0.2) is 41.1 Å². The van der Waals surface area contributed by atoms with Crippen LogP contribution >= 0.6 is 22.9 Å². The summed E-state index contributed by atoms with van der Waals surface area (Å²) in [4.78, 5) is 29.0. The van der Waals surface area contributed by atoms with E-state index >= 15 is 0 Å². The number of rotatable bonds is 6. The highest BCUT2D eigenvalue weighted by atomic mass is 32.1. The number of benzene rings is 1. The second kappa shape index (κ2) is 9.01. The quantitative estimate of drug-likeness (QED) is 0.611. The number of halogens is 1. The molecule has 0 saturated carbocycles. The molecule has 0 unspecified atom stereocenters. The number of carbonyl (C=O) groups excluding carboxylic acids is 2. The van der Waals surface area contributed by atoms with Gasteiger partial charge in [-0.1, -0.05) is 16.6 Å². The lowest BCUT2D eigenvalue weighted by molar-refractivity contribution is -0.127. The number of nitrogens with one attached hydrogen (secondary N) is 1. The Hall–Kier alpha value is -2.65. The third-order valence-corrected chi connectivity index (χ3v) is 5.89. The standard InChI is InChI=1S/C21H23FN4O2S2/c1-13-9-10-29-18(13)17(19(27)23-21(2,3)4)26(20(28)16-12-30-25-24-16)11-14-5-7-15(22)8-6-14/h5-10,12,17H,11H2,1-4H3,(H,23,27)/t17-/m1/s1. The summed E-state index contributed by atoms with van der Waals surface area (Å²) in [5.41, 5.74) is 1.32. The number of nitrogens with zero attached hydrogens (tertiary/aromatic N) is 3. The number of thiophene rings is 1. The normalized spacial score (nSPS) is 12.4. The van der Waals surface area contributed by atoms with Gasteiger partial charge in [0.1, 0.15) is 11.9 Å². The second-order valence-electron chi connectivity index (χ2n) is 7.96. The first-order valence-electron chi connectivity index (χ1n) is 9.34. The summed E-state index contributed by atoms with van der Waals surface area (Å²) in [5, 5.41) is 10.3. The van der Waals surface area contributed by atoms with Crippen molar-refractivity contribution in [3.8, 4) is 0 Å². The lowest BCUT2D eigenvalue weighted by Gasteiger charge is -2.33. The fourth-order valence-electron chi connectivity index (χ4n) is 2.98. The maximum atomic E-state index is 13.4. The fourth-order valence-corrected chi connectivity index (χ4v) is 4.44. The molecule has 2 aromatic heterocycles. The first-order chi connectivity index (χ1) is 14.2. The van der Waals surface area contributed by atoms with Gasteiger partial charge >= 0.3 is 0 Å². The molecule has 9 heteroatoms. The first-order valence-corrected chi connectivity index (χ1v) is 11.1. The van der Waals surface area contributed by atoms with E-state index in [1.807, 2.05) is 39.1 Å². The summed E-state index contributed by atoms with van der Waals surface area (Å²) >= 11 is 2.49. The van der Waals surface area contributed by atoms with Crippen LogP contribution in [0.5, 0.6) is 0 Å². The largest absolute Gasteiger partial charge is 0.349 e. The highest BCUT2D eigenvalue weighted by Crippen LogP contribution is 2.32. The molecule has 3 aromatic rings. The Morgan fingerprint density at radius 3 is 2.43 bits per heavy atom. The molecular weight excluding hydrogens is 423 g/mol. The molecule has 3 rings (SSSR count). The van der Waals surface area contributed by atoms with E-state index in [0.29, 0.717) is 5.56 Å².